The predicted octanol–water partition coefficient (Wildman–Crippen LogP) is 3.18. The van der Waals surface area contributed by atoms with Crippen LogP contribution in [-0.2, 0) is 11.2 Å². The molecule has 1 heterocycles. The van der Waals surface area contributed by atoms with E-state index in [0.29, 0.717) is 12.3 Å². The molecule has 90 valence electrons. The Morgan fingerprint density at radius 1 is 1.41 bits per heavy atom. The van der Waals surface area contributed by atoms with E-state index in [-0.39, 0.29) is 5.91 Å². The standard InChI is InChI=1S/C15H19NO/c1-3-5-13-6-8-14(9-7-13)16-11-12(4-2)10-15(16)17/h4,6-9,12H,2-3,5,10-11H2,1H3. The zero-order chi connectivity index (χ0) is 12.3. The van der Waals surface area contributed by atoms with Crippen LogP contribution in [0.4, 0.5) is 5.69 Å². The lowest BCUT2D eigenvalue weighted by atomic mass is 10.1. The first-order chi connectivity index (χ1) is 8.24. The van der Waals surface area contributed by atoms with Crippen molar-refractivity contribution in [2.45, 2.75) is 26.2 Å². The van der Waals surface area contributed by atoms with Crippen molar-refractivity contribution in [2.24, 2.45) is 5.92 Å². The summed E-state index contributed by atoms with van der Waals surface area (Å²) in [6, 6.07) is 8.34. The highest BCUT2D eigenvalue weighted by Gasteiger charge is 2.28. The van der Waals surface area contributed by atoms with Crippen molar-refractivity contribution in [3.05, 3.63) is 42.5 Å². The van der Waals surface area contributed by atoms with Crippen LogP contribution in [0.2, 0.25) is 0 Å². The third-order valence-corrected chi connectivity index (χ3v) is 3.27. The van der Waals surface area contributed by atoms with Gasteiger partial charge in [0, 0.05) is 24.6 Å². The van der Waals surface area contributed by atoms with Crippen molar-refractivity contribution in [1.82, 2.24) is 0 Å². The smallest absolute Gasteiger partial charge is 0.227 e. The first-order valence-corrected chi connectivity index (χ1v) is 6.26. The number of benzene rings is 1. The molecule has 0 radical (unpaired) electrons. The van der Waals surface area contributed by atoms with E-state index in [2.05, 4.69) is 25.6 Å². The molecule has 1 aliphatic heterocycles. The molecular formula is C15H19NO. The lowest BCUT2D eigenvalue weighted by molar-refractivity contribution is -0.117. The molecule has 2 heteroatoms. The summed E-state index contributed by atoms with van der Waals surface area (Å²) in [5.74, 6) is 0.510. The van der Waals surface area contributed by atoms with Gasteiger partial charge in [-0.25, -0.2) is 0 Å². The molecule has 0 aromatic heterocycles. The largest absolute Gasteiger partial charge is 0.312 e. The van der Waals surface area contributed by atoms with E-state index < -0.39 is 0 Å². The quantitative estimate of drug-likeness (QED) is 0.726. The second-order valence-corrected chi connectivity index (χ2v) is 4.62. The Balaban J connectivity index is 2.12. The molecule has 2 nitrogen and oxygen atoms in total. The second-order valence-electron chi connectivity index (χ2n) is 4.62. The van der Waals surface area contributed by atoms with Crippen LogP contribution in [0.5, 0.6) is 0 Å². The molecule has 1 atom stereocenters. The zero-order valence-corrected chi connectivity index (χ0v) is 10.4. The van der Waals surface area contributed by atoms with Gasteiger partial charge in [0.05, 0.1) is 0 Å². The van der Waals surface area contributed by atoms with Gasteiger partial charge in [0.2, 0.25) is 5.91 Å². The highest BCUT2D eigenvalue weighted by atomic mass is 16.2. The summed E-state index contributed by atoms with van der Waals surface area (Å²) in [6.45, 7) is 6.71. The molecule has 1 aliphatic rings. The fraction of sp³-hybridized carbons (Fsp3) is 0.400. The van der Waals surface area contributed by atoms with Crippen molar-refractivity contribution in [2.75, 3.05) is 11.4 Å². The number of anilines is 1. The second kappa shape index (κ2) is 5.17. The van der Waals surface area contributed by atoms with Gasteiger partial charge in [-0.15, -0.1) is 6.58 Å². The van der Waals surface area contributed by atoms with Gasteiger partial charge < -0.3 is 4.90 Å². The monoisotopic (exact) mass is 229 g/mol. The topological polar surface area (TPSA) is 20.3 Å². The van der Waals surface area contributed by atoms with Crippen LogP contribution in [0, 0.1) is 5.92 Å². The number of rotatable bonds is 4. The maximum absolute atomic E-state index is 11.8. The fourth-order valence-corrected chi connectivity index (χ4v) is 2.27. The molecule has 1 fully saturated rings. The summed E-state index contributed by atoms with van der Waals surface area (Å²) in [4.78, 5) is 13.7. The van der Waals surface area contributed by atoms with E-state index in [0.717, 1.165) is 25.1 Å². The molecule has 0 bridgehead atoms. The molecule has 0 spiro atoms. The van der Waals surface area contributed by atoms with E-state index in [1.54, 1.807) is 0 Å². The molecule has 1 aromatic rings. The zero-order valence-electron chi connectivity index (χ0n) is 10.4. The summed E-state index contributed by atoms with van der Waals surface area (Å²) in [7, 11) is 0. The van der Waals surface area contributed by atoms with Gasteiger partial charge in [0.15, 0.2) is 0 Å². The summed E-state index contributed by atoms with van der Waals surface area (Å²) in [5, 5.41) is 0. The number of nitrogens with zero attached hydrogens (tertiary/aromatic N) is 1. The van der Waals surface area contributed by atoms with Crippen molar-refractivity contribution >= 4 is 11.6 Å². The third-order valence-electron chi connectivity index (χ3n) is 3.27. The van der Waals surface area contributed by atoms with Gasteiger partial charge in [-0.2, -0.15) is 0 Å². The SMILES string of the molecule is C=CC1CC(=O)N(c2ccc(CCC)cc2)C1. The van der Waals surface area contributed by atoms with E-state index in [1.165, 1.54) is 5.56 Å². The summed E-state index contributed by atoms with van der Waals surface area (Å²) >= 11 is 0. The average molecular weight is 229 g/mol. The number of amides is 1. The van der Waals surface area contributed by atoms with E-state index in [1.807, 2.05) is 23.1 Å². The molecule has 1 amide bonds. The molecule has 0 N–H and O–H groups in total. The highest BCUT2D eigenvalue weighted by molar-refractivity contribution is 5.95. The molecule has 1 aromatic carbocycles. The van der Waals surface area contributed by atoms with Gasteiger partial charge in [0.25, 0.3) is 0 Å². The number of carbonyl (C=O) groups excluding carboxylic acids is 1. The van der Waals surface area contributed by atoms with Crippen LogP contribution in [0.25, 0.3) is 0 Å². The predicted molar refractivity (Wildman–Crippen MR) is 71.1 cm³/mol. The van der Waals surface area contributed by atoms with E-state index in [9.17, 15) is 4.79 Å². The number of hydrogen-bond donors (Lipinski definition) is 0. The van der Waals surface area contributed by atoms with Crippen molar-refractivity contribution in [3.63, 3.8) is 0 Å². The lowest BCUT2D eigenvalue weighted by Crippen LogP contribution is -2.24. The molecule has 1 unspecified atom stereocenters. The van der Waals surface area contributed by atoms with Crippen LogP contribution in [0.1, 0.15) is 25.3 Å². The Bertz CT molecular complexity index is 407. The van der Waals surface area contributed by atoms with Crippen LogP contribution in [0.3, 0.4) is 0 Å². The maximum atomic E-state index is 11.8. The first kappa shape index (κ1) is 11.9. The minimum Gasteiger partial charge on any atom is -0.312 e. The van der Waals surface area contributed by atoms with Gasteiger partial charge in [0.1, 0.15) is 0 Å². The summed E-state index contributed by atoms with van der Waals surface area (Å²) in [5.41, 5.74) is 2.35. The molecule has 17 heavy (non-hydrogen) atoms. The molecule has 0 aliphatic carbocycles. The lowest BCUT2D eigenvalue weighted by Gasteiger charge is -2.16. The first-order valence-electron chi connectivity index (χ1n) is 6.26. The van der Waals surface area contributed by atoms with Gasteiger partial charge in [-0.3, -0.25) is 4.79 Å². The fourth-order valence-electron chi connectivity index (χ4n) is 2.27. The number of carbonyl (C=O) groups is 1. The number of hydrogen-bond acceptors (Lipinski definition) is 1. The molecule has 0 saturated carbocycles. The summed E-state index contributed by atoms with van der Waals surface area (Å²) in [6.07, 6.45) is 4.73. The third kappa shape index (κ3) is 2.57. The van der Waals surface area contributed by atoms with Gasteiger partial charge >= 0.3 is 0 Å². The minimum atomic E-state index is 0.207. The Hall–Kier alpha value is -1.57. The van der Waals surface area contributed by atoms with E-state index >= 15 is 0 Å². The highest BCUT2D eigenvalue weighted by Crippen LogP contribution is 2.25. The van der Waals surface area contributed by atoms with Crippen molar-refractivity contribution in [3.8, 4) is 0 Å². The Kier molecular flexibility index (Phi) is 3.62. The van der Waals surface area contributed by atoms with E-state index in [4.69, 9.17) is 0 Å². The van der Waals surface area contributed by atoms with Crippen LogP contribution in [0.15, 0.2) is 36.9 Å². The Morgan fingerprint density at radius 2 is 2.12 bits per heavy atom. The molecule has 1 saturated heterocycles. The molecule has 2 rings (SSSR count). The van der Waals surface area contributed by atoms with Gasteiger partial charge in [-0.05, 0) is 24.1 Å². The Morgan fingerprint density at radius 3 is 2.65 bits per heavy atom. The average Bonchev–Trinajstić information content (AvgIpc) is 2.72. The minimum absolute atomic E-state index is 0.207. The Labute approximate surface area is 103 Å². The van der Waals surface area contributed by atoms with Crippen LogP contribution >= 0.6 is 0 Å². The van der Waals surface area contributed by atoms with Crippen molar-refractivity contribution in [1.29, 1.82) is 0 Å². The number of aryl methyl sites for hydroxylation is 1. The molecular weight excluding hydrogens is 210 g/mol. The summed E-state index contributed by atoms with van der Waals surface area (Å²) < 4.78 is 0. The maximum Gasteiger partial charge on any atom is 0.227 e. The normalized spacial score (nSPS) is 19.7. The van der Waals surface area contributed by atoms with Crippen molar-refractivity contribution < 1.29 is 4.79 Å². The van der Waals surface area contributed by atoms with Crippen LogP contribution < -0.4 is 4.90 Å². The van der Waals surface area contributed by atoms with Gasteiger partial charge in [-0.1, -0.05) is 31.6 Å². The van der Waals surface area contributed by atoms with Crippen LogP contribution in [-0.4, -0.2) is 12.5 Å².